The number of hydrogen-bond donors (Lipinski definition) is 2. The number of nitrogens with zero attached hydrogens (tertiary/aromatic N) is 4. The summed E-state index contributed by atoms with van der Waals surface area (Å²) in [6.07, 6.45) is 3.54. The van der Waals surface area contributed by atoms with E-state index in [0.29, 0.717) is 15.5 Å². The van der Waals surface area contributed by atoms with Crippen LogP contribution in [0.2, 0.25) is 0 Å². The number of aliphatic carboxylic acids is 1. The van der Waals surface area contributed by atoms with Crippen LogP contribution in [0.1, 0.15) is 16.7 Å². The van der Waals surface area contributed by atoms with Gasteiger partial charge in [0, 0.05) is 12.0 Å². The second-order valence-corrected chi connectivity index (χ2v) is 10.6. The molecule has 194 valence electrons. The summed E-state index contributed by atoms with van der Waals surface area (Å²) in [6, 6.07) is 25.1. The number of hydrogen-bond acceptors (Lipinski definition) is 7. The Morgan fingerprint density at radius 1 is 1.00 bits per heavy atom. The fourth-order valence-electron chi connectivity index (χ4n) is 4.00. The minimum absolute atomic E-state index is 0.163. The van der Waals surface area contributed by atoms with Crippen LogP contribution in [0.5, 0.6) is 0 Å². The van der Waals surface area contributed by atoms with Crippen molar-refractivity contribution in [3.63, 3.8) is 0 Å². The molecule has 1 atom stereocenters. The number of thiocarbonyl (C=S) groups is 1. The summed E-state index contributed by atoms with van der Waals surface area (Å²) in [6.45, 7) is 0. The highest BCUT2D eigenvalue weighted by Gasteiger charge is 2.40. The number of carboxylic acids is 1. The van der Waals surface area contributed by atoms with E-state index in [-0.39, 0.29) is 10.7 Å². The summed E-state index contributed by atoms with van der Waals surface area (Å²) in [5, 5.41) is 21.4. The molecule has 1 fully saturated rings. The van der Waals surface area contributed by atoms with E-state index in [2.05, 4.69) is 15.3 Å². The Morgan fingerprint density at radius 3 is 2.31 bits per heavy atom. The molecule has 39 heavy (non-hydrogen) atoms. The lowest BCUT2D eigenvalue weighted by molar-refractivity contribution is -0.145. The highest BCUT2D eigenvalue weighted by Crippen LogP contribution is 2.34. The van der Waals surface area contributed by atoms with Crippen LogP contribution in [-0.2, 0) is 16.0 Å². The molecule has 8 nitrogen and oxygen atoms in total. The molecule has 0 bridgehead atoms. The molecule has 0 radical (unpaired) electrons. The van der Waals surface area contributed by atoms with Gasteiger partial charge in [-0.15, -0.1) is 0 Å². The maximum absolute atomic E-state index is 13.2. The van der Waals surface area contributed by atoms with Gasteiger partial charge in [-0.1, -0.05) is 109 Å². The zero-order valence-corrected chi connectivity index (χ0v) is 22.7. The first kappa shape index (κ1) is 26.4. The van der Waals surface area contributed by atoms with Crippen molar-refractivity contribution in [2.75, 3.05) is 0 Å². The van der Waals surface area contributed by atoms with E-state index < -0.39 is 17.9 Å². The lowest BCUT2D eigenvalue weighted by atomic mass is 10.0. The largest absolute Gasteiger partial charge is 0.480 e. The summed E-state index contributed by atoms with van der Waals surface area (Å²) in [4.78, 5) is 26.8. The molecular formula is C28H21N5O3S3. The van der Waals surface area contributed by atoms with E-state index in [1.54, 1.807) is 17.0 Å². The molecule has 2 N–H and O–H groups in total. The number of benzene rings is 3. The van der Waals surface area contributed by atoms with Crippen molar-refractivity contribution in [1.29, 1.82) is 0 Å². The van der Waals surface area contributed by atoms with Crippen molar-refractivity contribution in [1.82, 2.24) is 19.8 Å². The molecule has 3 aromatic carbocycles. The van der Waals surface area contributed by atoms with E-state index >= 15 is 0 Å². The Kier molecular flexibility index (Phi) is 7.92. The fourth-order valence-corrected chi connectivity index (χ4v) is 5.54. The highest BCUT2D eigenvalue weighted by molar-refractivity contribution is 8.26. The number of nitrogens with one attached hydrogen (secondary N) is 1. The molecule has 11 heteroatoms. The van der Waals surface area contributed by atoms with Gasteiger partial charge in [0.1, 0.15) is 10.4 Å². The molecule has 1 aromatic heterocycles. The second-order valence-electron chi connectivity index (χ2n) is 8.54. The average molecular weight is 572 g/mol. The van der Waals surface area contributed by atoms with Gasteiger partial charge in [0.25, 0.3) is 5.91 Å². The summed E-state index contributed by atoms with van der Waals surface area (Å²) in [5.41, 5.74) is 3.28. The Labute approximate surface area is 238 Å². The third-order valence-corrected chi connectivity index (χ3v) is 7.53. The van der Waals surface area contributed by atoms with Gasteiger partial charge in [-0.3, -0.25) is 9.69 Å². The molecule has 0 spiro atoms. The topological polar surface area (TPSA) is 104 Å². The van der Waals surface area contributed by atoms with Crippen molar-refractivity contribution in [2.45, 2.75) is 12.5 Å². The van der Waals surface area contributed by atoms with Crippen molar-refractivity contribution in [3.05, 3.63) is 111 Å². The number of amides is 1. The number of H-pyrrole nitrogens is 1. The van der Waals surface area contributed by atoms with Crippen molar-refractivity contribution >= 4 is 64.7 Å². The standard InChI is InChI=1S/C28H21N5O3S3/c34-25-23(39-28(38)32(25)22(26(35)36)15-18-7-3-1-4-8-18)16-19-11-13-20(14-12-19)17-29-33-24(30-31-27(33)37)21-9-5-2-6-10-21/h1-14,16-17,22H,15H2,(H,31,37)(H,35,36)/b23-16-,29-17+/t22-/m0/s1. The third kappa shape index (κ3) is 5.95. The van der Waals surface area contributed by atoms with Crippen molar-refractivity contribution in [3.8, 4) is 11.4 Å². The second kappa shape index (κ2) is 11.7. The summed E-state index contributed by atoms with van der Waals surface area (Å²) in [5.74, 6) is -0.919. The van der Waals surface area contributed by atoms with E-state index in [9.17, 15) is 14.7 Å². The molecular weight excluding hydrogens is 551 g/mol. The first-order valence-electron chi connectivity index (χ1n) is 11.8. The molecule has 0 unspecified atom stereocenters. The number of aromatic amines is 1. The van der Waals surface area contributed by atoms with Gasteiger partial charge in [-0.25, -0.2) is 9.89 Å². The number of rotatable bonds is 8. The maximum Gasteiger partial charge on any atom is 0.327 e. The molecule has 1 aliphatic rings. The molecule has 4 aromatic rings. The Morgan fingerprint density at radius 2 is 1.64 bits per heavy atom. The lowest BCUT2D eigenvalue weighted by Gasteiger charge is -2.23. The quantitative estimate of drug-likeness (QED) is 0.166. The van der Waals surface area contributed by atoms with Crippen LogP contribution >= 0.6 is 36.2 Å². The zero-order valence-electron chi connectivity index (χ0n) is 20.3. The minimum Gasteiger partial charge on any atom is -0.480 e. The average Bonchev–Trinajstić information content (AvgIpc) is 3.45. The molecule has 5 rings (SSSR count). The predicted octanol–water partition coefficient (Wildman–Crippen LogP) is 5.39. The van der Waals surface area contributed by atoms with Crippen molar-refractivity contribution in [2.24, 2.45) is 5.10 Å². The SMILES string of the molecule is O=C(O)[C@H](Cc1ccccc1)N1C(=O)/C(=C/c2ccc(/C=N/n3c(-c4ccccc4)n[nH]c3=S)cc2)SC1=S. The van der Waals surface area contributed by atoms with Gasteiger partial charge in [0.15, 0.2) is 5.82 Å². The van der Waals surface area contributed by atoms with E-state index in [1.807, 2.05) is 84.9 Å². The molecule has 1 aliphatic heterocycles. The third-order valence-electron chi connectivity index (χ3n) is 5.93. The van der Waals surface area contributed by atoms with Crippen LogP contribution in [0.3, 0.4) is 0 Å². The molecule has 1 saturated heterocycles. The first-order chi connectivity index (χ1) is 18.9. The van der Waals surface area contributed by atoms with Gasteiger partial charge in [-0.2, -0.15) is 14.9 Å². The highest BCUT2D eigenvalue weighted by atomic mass is 32.2. The van der Waals surface area contributed by atoms with E-state index in [1.165, 1.54) is 4.90 Å². The molecule has 2 heterocycles. The van der Waals surface area contributed by atoms with Gasteiger partial charge in [0.2, 0.25) is 4.77 Å². The van der Waals surface area contributed by atoms with Crippen LogP contribution < -0.4 is 0 Å². The predicted molar refractivity (Wildman–Crippen MR) is 159 cm³/mol. The van der Waals surface area contributed by atoms with E-state index in [4.69, 9.17) is 24.4 Å². The Balaban J connectivity index is 1.32. The van der Waals surface area contributed by atoms with Crippen LogP contribution in [0, 0.1) is 4.77 Å². The molecule has 1 amide bonds. The maximum atomic E-state index is 13.2. The summed E-state index contributed by atoms with van der Waals surface area (Å²) in [7, 11) is 0. The summed E-state index contributed by atoms with van der Waals surface area (Å²) < 4.78 is 2.15. The number of carbonyl (C=O) groups excluding carboxylic acids is 1. The number of carbonyl (C=O) groups is 2. The van der Waals surface area contributed by atoms with Gasteiger partial charge >= 0.3 is 5.97 Å². The van der Waals surface area contributed by atoms with Crippen LogP contribution in [0.15, 0.2) is 94.9 Å². The summed E-state index contributed by atoms with van der Waals surface area (Å²) >= 11 is 11.8. The monoisotopic (exact) mass is 571 g/mol. The van der Waals surface area contributed by atoms with Gasteiger partial charge < -0.3 is 5.11 Å². The van der Waals surface area contributed by atoms with E-state index in [0.717, 1.165) is 34.0 Å². The Hall–Kier alpha value is -4.19. The molecule has 0 saturated carbocycles. The zero-order chi connectivity index (χ0) is 27.4. The first-order valence-corrected chi connectivity index (χ1v) is 13.4. The lowest BCUT2D eigenvalue weighted by Crippen LogP contribution is -2.45. The number of aromatic nitrogens is 3. The minimum atomic E-state index is -1.10. The smallest absolute Gasteiger partial charge is 0.327 e. The van der Waals surface area contributed by atoms with Crippen LogP contribution in [-0.4, -0.2) is 53.3 Å². The fraction of sp³-hybridized carbons (Fsp3) is 0.0714. The Bertz CT molecular complexity index is 1650. The number of carboxylic acid groups (broad SMARTS) is 1. The normalized spacial score (nSPS) is 15.4. The van der Waals surface area contributed by atoms with Crippen LogP contribution in [0.25, 0.3) is 17.5 Å². The van der Waals surface area contributed by atoms with Gasteiger partial charge in [0.05, 0.1) is 11.1 Å². The van der Waals surface area contributed by atoms with Crippen LogP contribution in [0.4, 0.5) is 0 Å². The van der Waals surface area contributed by atoms with Crippen molar-refractivity contribution < 1.29 is 14.7 Å². The molecule has 0 aliphatic carbocycles. The number of thioether (sulfide) groups is 1. The van der Waals surface area contributed by atoms with Gasteiger partial charge in [-0.05, 0) is 35.0 Å².